The molecule has 0 aromatic carbocycles. The Balaban J connectivity index is 2.02. The Kier molecular flexibility index (Phi) is 3.32. The highest BCUT2D eigenvalue weighted by Gasteiger charge is 2.86. The lowest BCUT2D eigenvalue weighted by Gasteiger charge is -2.36. The highest BCUT2D eigenvalue weighted by molar-refractivity contribution is 5.88. The smallest absolute Gasteiger partial charge is 0.344 e. The molecule has 4 nitrogen and oxygen atoms in total. The van der Waals surface area contributed by atoms with Crippen LogP contribution in [0.15, 0.2) is 12.2 Å². The molecule has 2 saturated carbocycles. The van der Waals surface area contributed by atoms with Crippen LogP contribution in [-0.4, -0.2) is 24.1 Å². The summed E-state index contributed by atoms with van der Waals surface area (Å²) in [6.45, 7) is 15.6. The molecule has 21 heavy (non-hydrogen) atoms. The van der Waals surface area contributed by atoms with E-state index >= 15 is 0 Å². The van der Waals surface area contributed by atoms with Gasteiger partial charge in [-0.25, -0.2) is 9.59 Å². The highest BCUT2D eigenvalue weighted by Crippen LogP contribution is 2.88. The van der Waals surface area contributed by atoms with Crippen molar-refractivity contribution in [3.8, 4) is 0 Å². The molecular formula is C17H26O4. The zero-order chi connectivity index (χ0) is 16.3. The molecule has 2 rings (SSSR count). The molecule has 0 radical (unpaired) electrons. The molecule has 0 aromatic rings. The molecule has 0 aromatic heterocycles. The van der Waals surface area contributed by atoms with E-state index in [0.29, 0.717) is 0 Å². The quantitative estimate of drug-likeness (QED) is 0.590. The fraction of sp³-hybridized carbons (Fsp3) is 0.765. The fourth-order valence-corrected chi connectivity index (χ4v) is 4.67. The van der Waals surface area contributed by atoms with Gasteiger partial charge in [0, 0.05) is 11.0 Å². The average molecular weight is 294 g/mol. The van der Waals surface area contributed by atoms with E-state index in [1.165, 1.54) is 0 Å². The van der Waals surface area contributed by atoms with Gasteiger partial charge in [-0.2, -0.15) is 0 Å². The van der Waals surface area contributed by atoms with Crippen LogP contribution in [0.1, 0.15) is 54.4 Å². The predicted octanol–water partition coefficient (Wildman–Crippen LogP) is 3.25. The molecule has 0 N–H and O–H groups in total. The summed E-state index contributed by atoms with van der Waals surface area (Å²) in [4.78, 5) is 23.3. The van der Waals surface area contributed by atoms with Crippen molar-refractivity contribution in [2.75, 3.05) is 6.61 Å². The number of carbonyl (C=O) groups is 2. The Labute approximate surface area is 126 Å². The lowest BCUT2D eigenvalue weighted by Crippen LogP contribution is -2.41. The lowest BCUT2D eigenvalue weighted by molar-refractivity contribution is -0.174. The molecule has 4 heteroatoms. The molecule has 0 aliphatic heterocycles. The van der Waals surface area contributed by atoms with Crippen molar-refractivity contribution < 1.29 is 19.1 Å². The second-order valence-electron chi connectivity index (χ2n) is 7.64. The van der Waals surface area contributed by atoms with Crippen LogP contribution in [0.3, 0.4) is 0 Å². The minimum absolute atomic E-state index is 0.0407. The second-order valence-corrected chi connectivity index (χ2v) is 7.64. The van der Waals surface area contributed by atoms with Crippen LogP contribution in [0, 0.1) is 16.2 Å². The third kappa shape index (κ3) is 1.80. The SMILES string of the molecule is C=C(C)C(=O)OCC(=O)OC1(C)CCC2(C)C(C)(C)C12C. The van der Waals surface area contributed by atoms with Crippen molar-refractivity contribution in [2.45, 2.75) is 60.0 Å². The number of carbonyl (C=O) groups excluding carboxylic acids is 2. The lowest BCUT2D eigenvalue weighted by atomic mass is 9.80. The van der Waals surface area contributed by atoms with Gasteiger partial charge in [0.2, 0.25) is 0 Å². The summed E-state index contributed by atoms with van der Waals surface area (Å²) < 4.78 is 10.6. The number of fused-ring (bicyclic) bond motifs is 1. The van der Waals surface area contributed by atoms with E-state index in [9.17, 15) is 9.59 Å². The van der Waals surface area contributed by atoms with E-state index in [2.05, 4.69) is 34.3 Å². The van der Waals surface area contributed by atoms with Crippen molar-refractivity contribution in [2.24, 2.45) is 16.2 Å². The third-order valence-corrected chi connectivity index (χ3v) is 6.84. The van der Waals surface area contributed by atoms with Gasteiger partial charge in [-0.3, -0.25) is 0 Å². The van der Waals surface area contributed by atoms with Gasteiger partial charge in [0.25, 0.3) is 0 Å². The van der Waals surface area contributed by atoms with Gasteiger partial charge in [0.05, 0.1) is 0 Å². The van der Waals surface area contributed by atoms with Crippen molar-refractivity contribution in [1.82, 2.24) is 0 Å². The first-order valence-electron chi connectivity index (χ1n) is 7.47. The number of hydrogen-bond donors (Lipinski definition) is 0. The van der Waals surface area contributed by atoms with Crippen LogP contribution in [0.4, 0.5) is 0 Å². The van der Waals surface area contributed by atoms with E-state index in [1.54, 1.807) is 6.92 Å². The molecule has 2 aliphatic carbocycles. The number of ether oxygens (including phenoxy) is 2. The van der Waals surface area contributed by atoms with Gasteiger partial charge in [-0.05, 0) is 37.5 Å². The first-order chi connectivity index (χ1) is 9.43. The summed E-state index contributed by atoms with van der Waals surface area (Å²) in [5.41, 5.74) is 0.0714. The first-order valence-corrected chi connectivity index (χ1v) is 7.47. The summed E-state index contributed by atoms with van der Waals surface area (Å²) >= 11 is 0. The third-order valence-electron chi connectivity index (χ3n) is 6.84. The molecule has 0 saturated heterocycles. The minimum Gasteiger partial charge on any atom is -0.456 e. The Morgan fingerprint density at radius 2 is 1.67 bits per heavy atom. The topological polar surface area (TPSA) is 52.6 Å². The Bertz CT molecular complexity index is 521. The van der Waals surface area contributed by atoms with E-state index in [4.69, 9.17) is 9.47 Å². The zero-order valence-electron chi connectivity index (χ0n) is 14.0. The van der Waals surface area contributed by atoms with Gasteiger partial charge in [-0.15, -0.1) is 0 Å². The summed E-state index contributed by atoms with van der Waals surface area (Å²) in [6.07, 6.45) is 1.90. The normalized spacial score (nSPS) is 39.3. The van der Waals surface area contributed by atoms with E-state index in [0.717, 1.165) is 12.8 Å². The number of rotatable bonds is 4. The van der Waals surface area contributed by atoms with Crippen LogP contribution in [0.25, 0.3) is 0 Å². The molecule has 2 fully saturated rings. The van der Waals surface area contributed by atoms with E-state index < -0.39 is 17.5 Å². The maximum absolute atomic E-state index is 12.0. The van der Waals surface area contributed by atoms with E-state index in [1.807, 2.05) is 6.92 Å². The van der Waals surface area contributed by atoms with Crippen LogP contribution in [0.5, 0.6) is 0 Å². The molecule has 0 bridgehead atoms. The molecule has 0 heterocycles. The van der Waals surface area contributed by atoms with Crippen LogP contribution >= 0.6 is 0 Å². The standard InChI is InChI=1S/C17H26O4/c1-11(2)13(19)20-10-12(18)21-16(6)9-8-15(5)14(3,4)17(15,16)7/h1,8-10H2,2-7H3. The Morgan fingerprint density at radius 1 is 1.10 bits per heavy atom. The molecule has 118 valence electrons. The maximum Gasteiger partial charge on any atom is 0.344 e. The Morgan fingerprint density at radius 3 is 2.10 bits per heavy atom. The highest BCUT2D eigenvalue weighted by atomic mass is 16.6. The average Bonchev–Trinajstić information content (AvgIpc) is 2.60. The maximum atomic E-state index is 12.0. The number of hydrogen-bond acceptors (Lipinski definition) is 4. The van der Waals surface area contributed by atoms with Gasteiger partial charge >= 0.3 is 11.9 Å². The van der Waals surface area contributed by atoms with E-state index in [-0.39, 0.29) is 28.4 Å². The van der Waals surface area contributed by atoms with Gasteiger partial charge in [0.1, 0.15) is 5.60 Å². The molecule has 3 atom stereocenters. The summed E-state index contributed by atoms with van der Waals surface area (Å²) in [7, 11) is 0. The monoisotopic (exact) mass is 294 g/mol. The van der Waals surface area contributed by atoms with Gasteiger partial charge in [0.15, 0.2) is 6.61 Å². The van der Waals surface area contributed by atoms with Crippen molar-refractivity contribution in [3.63, 3.8) is 0 Å². The van der Waals surface area contributed by atoms with Crippen LogP contribution < -0.4 is 0 Å². The largest absolute Gasteiger partial charge is 0.456 e. The molecule has 2 aliphatic rings. The zero-order valence-corrected chi connectivity index (χ0v) is 14.0. The predicted molar refractivity (Wildman–Crippen MR) is 79.5 cm³/mol. The molecular weight excluding hydrogens is 268 g/mol. The van der Waals surface area contributed by atoms with Gasteiger partial charge in [-0.1, -0.05) is 34.3 Å². The molecule has 0 spiro atoms. The first kappa shape index (κ1) is 16.1. The summed E-state index contributed by atoms with van der Waals surface area (Å²) in [5.74, 6) is -1.05. The van der Waals surface area contributed by atoms with Crippen molar-refractivity contribution in [1.29, 1.82) is 0 Å². The summed E-state index contributed by atoms with van der Waals surface area (Å²) in [6, 6.07) is 0. The van der Waals surface area contributed by atoms with Crippen LogP contribution in [-0.2, 0) is 19.1 Å². The Hall–Kier alpha value is -1.32. The molecule has 3 unspecified atom stereocenters. The molecule has 0 amide bonds. The van der Waals surface area contributed by atoms with Gasteiger partial charge < -0.3 is 9.47 Å². The minimum atomic E-state index is -0.564. The van der Waals surface area contributed by atoms with Crippen molar-refractivity contribution >= 4 is 11.9 Å². The van der Waals surface area contributed by atoms with Crippen molar-refractivity contribution in [3.05, 3.63) is 12.2 Å². The second kappa shape index (κ2) is 4.34. The fourth-order valence-electron chi connectivity index (χ4n) is 4.67. The number of esters is 2. The van der Waals surface area contributed by atoms with Crippen LogP contribution in [0.2, 0.25) is 0 Å². The summed E-state index contributed by atoms with van der Waals surface area (Å²) in [5, 5.41) is 0.